The molecule has 0 bridgehead atoms. The first-order valence-corrected chi connectivity index (χ1v) is 7.21. The van der Waals surface area contributed by atoms with Gasteiger partial charge in [0.1, 0.15) is 0 Å². The Hall–Kier alpha value is -1.30. The van der Waals surface area contributed by atoms with E-state index in [4.69, 9.17) is 0 Å². The van der Waals surface area contributed by atoms with Crippen molar-refractivity contribution in [3.8, 4) is 0 Å². The second kappa shape index (κ2) is 7.99. The predicted octanol–water partition coefficient (Wildman–Crippen LogP) is 6.11. The minimum Gasteiger partial charge on any atom is -0.0882 e. The van der Waals surface area contributed by atoms with Gasteiger partial charge in [0.15, 0.2) is 0 Å². The van der Waals surface area contributed by atoms with E-state index >= 15 is 0 Å². The zero-order chi connectivity index (χ0) is 12.8. The highest BCUT2D eigenvalue weighted by Gasteiger charge is 2.21. The molecule has 0 heterocycles. The van der Waals surface area contributed by atoms with Gasteiger partial charge in [0.05, 0.1) is 0 Å². The van der Waals surface area contributed by atoms with Crippen molar-refractivity contribution < 1.29 is 0 Å². The third kappa shape index (κ3) is 4.38. The van der Waals surface area contributed by atoms with Crippen molar-refractivity contribution in [2.24, 2.45) is 11.8 Å². The van der Waals surface area contributed by atoms with E-state index in [1.807, 2.05) is 0 Å². The van der Waals surface area contributed by atoms with Crippen LogP contribution in [-0.4, -0.2) is 0 Å². The number of allylic oxidation sites excluding steroid dienone is 3. The third-order valence-electron chi connectivity index (χ3n) is 4.13. The smallest absolute Gasteiger partial charge is 0.0193 e. The lowest BCUT2D eigenvalue weighted by atomic mass is 9.76. The fraction of sp³-hybridized carbons (Fsp3) is 0.474. The van der Waals surface area contributed by atoms with Gasteiger partial charge in [0.25, 0.3) is 0 Å². The van der Waals surface area contributed by atoms with E-state index in [-0.39, 0.29) is 7.43 Å². The van der Waals surface area contributed by atoms with Crippen LogP contribution in [0.3, 0.4) is 0 Å². The summed E-state index contributed by atoms with van der Waals surface area (Å²) in [6.45, 7) is 4.51. The van der Waals surface area contributed by atoms with Crippen LogP contribution in [-0.2, 0) is 0 Å². The monoisotopic (exact) mass is 256 g/mol. The van der Waals surface area contributed by atoms with Crippen LogP contribution in [0.25, 0.3) is 6.08 Å². The largest absolute Gasteiger partial charge is 0.0882 e. The highest BCUT2D eigenvalue weighted by molar-refractivity contribution is 5.49. The summed E-state index contributed by atoms with van der Waals surface area (Å²) >= 11 is 0. The molecular formula is C19H28. The summed E-state index contributed by atoms with van der Waals surface area (Å²) in [5, 5.41) is 0. The first kappa shape index (κ1) is 15.8. The van der Waals surface area contributed by atoms with Crippen LogP contribution in [0.4, 0.5) is 0 Å². The molecule has 2 atom stereocenters. The molecule has 2 rings (SSSR count). The maximum atomic E-state index is 2.41. The van der Waals surface area contributed by atoms with Crippen molar-refractivity contribution in [2.45, 2.75) is 47.0 Å². The number of hydrogen-bond donors (Lipinski definition) is 0. The first-order valence-electron chi connectivity index (χ1n) is 7.21. The Morgan fingerprint density at radius 1 is 1.16 bits per heavy atom. The molecule has 1 aromatic carbocycles. The van der Waals surface area contributed by atoms with Crippen LogP contribution in [0, 0.1) is 11.8 Å². The first-order chi connectivity index (χ1) is 8.83. The Labute approximate surface area is 119 Å². The Kier molecular flexibility index (Phi) is 6.62. The van der Waals surface area contributed by atoms with Crippen molar-refractivity contribution in [2.75, 3.05) is 0 Å². The molecule has 2 unspecified atom stereocenters. The molecule has 0 saturated heterocycles. The van der Waals surface area contributed by atoms with Crippen LogP contribution >= 0.6 is 0 Å². The van der Waals surface area contributed by atoms with Crippen molar-refractivity contribution in [1.82, 2.24) is 0 Å². The molecule has 19 heavy (non-hydrogen) atoms. The summed E-state index contributed by atoms with van der Waals surface area (Å²) in [5.41, 5.74) is 2.99. The van der Waals surface area contributed by atoms with Crippen LogP contribution in [0.5, 0.6) is 0 Å². The topological polar surface area (TPSA) is 0 Å². The van der Waals surface area contributed by atoms with E-state index in [0.717, 1.165) is 11.8 Å². The normalized spacial score (nSPS) is 25.5. The maximum absolute atomic E-state index is 2.41. The number of hydrogen-bond acceptors (Lipinski definition) is 0. The Morgan fingerprint density at radius 2 is 1.89 bits per heavy atom. The zero-order valence-electron chi connectivity index (χ0n) is 11.6. The average Bonchev–Trinajstić information content (AvgIpc) is 2.45. The molecule has 0 N–H and O–H groups in total. The molecule has 0 radical (unpaired) electrons. The molecule has 0 amide bonds. The van der Waals surface area contributed by atoms with Crippen molar-refractivity contribution >= 4 is 6.08 Å². The summed E-state index contributed by atoms with van der Waals surface area (Å²) in [7, 11) is 0. The molecule has 0 spiro atoms. The highest BCUT2D eigenvalue weighted by atomic mass is 14.3. The van der Waals surface area contributed by atoms with E-state index in [9.17, 15) is 0 Å². The van der Waals surface area contributed by atoms with Gasteiger partial charge in [-0.15, -0.1) is 0 Å². The standard InChI is InChI=1S/C18H24.CH4/c1-3-17-13-12-16(14-18(17)4-2)11-10-15-8-6-5-7-9-15;/h4-11,16-17H,3,12-14H2,1-2H3;1H4/b11-10+,18-4+;. The van der Waals surface area contributed by atoms with Crippen LogP contribution in [0.15, 0.2) is 48.1 Å². The van der Waals surface area contributed by atoms with Gasteiger partial charge in [-0.05, 0) is 50.0 Å². The zero-order valence-corrected chi connectivity index (χ0v) is 11.6. The molecule has 1 aliphatic rings. The maximum Gasteiger partial charge on any atom is -0.0193 e. The number of benzene rings is 1. The molecule has 1 aliphatic carbocycles. The summed E-state index contributed by atoms with van der Waals surface area (Å²) in [4.78, 5) is 0. The second-order valence-electron chi connectivity index (χ2n) is 5.28. The molecule has 0 heteroatoms. The SMILES string of the molecule is C.C/C=C1\CC(/C=C/c2ccccc2)CCC1CC. The van der Waals surface area contributed by atoms with Crippen LogP contribution in [0.1, 0.15) is 52.5 Å². The van der Waals surface area contributed by atoms with E-state index < -0.39 is 0 Å². The minimum atomic E-state index is 0. The van der Waals surface area contributed by atoms with Gasteiger partial charge in [-0.1, -0.05) is 68.5 Å². The summed E-state index contributed by atoms with van der Waals surface area (Å²) in [6, 6.07) is 10.6. The van der Waals surface area contributed by atoms with Gasteiger partial charge in [-0.25, -0.2) is 0 Å². The fourth-order valence-corrected chi connectivity index (χ4v) is 2.97. The van der Waals surface area contributed by atoms with Gasteiger partial charge in [0, 0.05) is 0 Å². The van der Waals surface area contributed by atoms with Crippen LogP contribution in [0.2, 0.25) is 0 Å². The van der Waals surface area contributed by atoms with E-state index in [1.54, 1.807) is 5.57 Å². The summed E-state index contributed by atoms with van der Waals surface area (Å²) in [5.74, 6) is 1.58. The quantitative estimate of drug-likeness (QED) is 0.572. The lowest BCUT2D eigenvalue weighted by Crippen LogP contribution is -2.15. The molecule has 1 saturated carbocycles. The molecule has 0 nitrogen and oxygen atoms in total. The van der Waals surface area contributed by atoms with Gasteiger partial charge >= 0.3 is 0 Å². The Bertz CT molecular complexity index is 411. The third-order valence-corrected chi connectivity index (χ3v) is 4.13. The molecular weight excluding hydrogens is 228 g/mol. The van der Waals surface area contributed by atoms with Crippen molar-refractivity contribution in [1.29, 1.82) is 0 Å². The molecule has 0 aromatic heterocycles. The molecule has 0 aliphatic heterocycles. The Morgan fingerprint density at radius 3 is 2.53 bits per heavy atom. The van der Waals surface area contributed by atoms with E-state index in [1.165, 1.54) is 31.2 Å². The van der Waals surface area contributed by atoms with E-state index in [2.05, 4.69) is 62.4 Å². The molecule has 104 valence electrons. The van der Waals surface area contributed by atoms with Gasteiger partial charge in [0.2, 0.25) is 0 Å². The van der Waals surface area contributed by atoms with Crippen molar-refractivity contribution in [3.05, 3.63) is 53.6 Å². The summed E-state index contributed by atoms with van der Waals surface area (Å²) in [6.07, 6.45) is 12.3. The lowest BCUT2D eigenvalue weighted by Gasteiger charge is -2.29. The van der Waals surface area contributed by atoms with E-state index in [0.29, 0.717) is 0 Å². The second-order valence-corrected chi connectivity index (χ2v) is 5.28. The highest BCUT2D eigenvalue weighted by Crippen LogP contribution is 2.36. The van der Waals surface area contributed by atoms with Gasteiger partial charge in [-0.3, -0.25) is 0 Å². The lowest BCUT2D eigenvalue weighted by molar-refractivity contribution is 0.388. The fourth-order valence-electron chi connectivity index (χ4n) is 2.97. The summed E-state index contributed by atoms with van der Waals surface area (Å²) < 4.78 is 0. The Balaban J connectivity index is 0.00000180. The van der Waals surface area contributed by atoms with Crippen molar-refractivity contribution in [3.63, 3.8) is 0 Å². The molecule has 1 aromatic rings. The van der Waals surface area contributed by atoms with Crippen LogP contribution < -0.4 is 0 Å². The minimum absolute atomic E-state index is 0. The van der Waals surface area contributed by atoms with Gasteiger partial charge in [-0.2, -0.15) is 0 Å². The average molecular weight is 256 g/mol. The number of rotatable bonds is 3. The molecule has 1 fully saturated rings. The van der Waals surface area contributed by atoms with Gasteiger partial charge < -0.3 is 0 Å². The predicted molar refractivity (Wildman–Crippen MR) is 87.1 cm³/mol.